The highest BCUT2D eigenvalue weighted by molar-refractivity contribution is 6.31. The molecule has 1 aromatic heterocycles. The van der Waals surface area contributed by atoms with Gasteiger partial charge in [0.1, 0.15) is 5.69 Å². The molecule has 3 rings (SSSR count). The number of hydrogen-bond donors (Lipinski definition) is 1. The average molecular weight is 245 g/mol. The van der Waals surface area contributed by atoms with Gasteiger partial charge < -0.3 is 5.21 Å². The van der Waals surface area contributed by atoms with Crippen molar-refractivity contribution in [2.75, 3.05) is 0 Å². The normalized spacial score (nSPS) is 10.9. The zero-order chi connectivity index (χ0) is 11.8. The van der Waals surface area contributed by atoms with E-state index < -0.39 is 0 Å². The lowest BCUT2D eigenvalue weighted by Gasteiger charge is -2.00. The molecule has 4 heteroatoms. The highest BCUT2D eigenvalue weighted by Crippen LogP contribution is 2.29. The lowest BCUT2D eigenvalue weighted by Crippen LogP contribution is -1.94. The van der Waals surface area contributed by atoms with E-state index in [-0.39, 0.29) is 0 Å². The predicted octanol–water partition coefficient (Wildman–Crippen LogP) is 3.59. The molecule has 0 radical (unpaired) electrons. The average Bonchev–Trinajstić information content (AvgIpc) is 2.65. The molecule has 0 aliphatic rings. The summed E-state index contributed by atoms with van der Waals surface area (Å²) in [5.41, 5.74) is 2.28. The first-order chi connectivity index (χ1) is 8.25. The van der Waals surface area contributed by atoms with Gasteiger partial charge in [-0.1, -0.05) is 41.9 Å². The summed E-state index contributed by atoms with van der Waals surface area (Å²) < 4.78 is 0. The maximum atomic E-state index is 9.84. The van der Waals surface area contributed by atoms with Crippen molar-refractivity contribution < 1.29 is 5.21 Å². The lowest BCUT2D eigenvalue weighted by molar-refractivity contribution is 0.155. The van der Waals surface area contributed by atoms with Crippen molar-refractivity contribution in [3.8, 4) is 11.3 Å². The number of rotatable bonds is 1. The Morgan fingerprint density at radius 3 is 2.59 bits per heavy atom. The summed E-state index contributed by atoms with van der Waals surface area (Å²) in [5, 5.41) is 15.4. The van der Waals surface area contributed by atoms with E-state index >= 15 is 0 Å². The van der Waals surface area contributed by atoms with Crippen molar-refractivity contribution in [2.45, 2.75) is 0 Å². The third-order valence-corrected chi connectivity index (χ3v) is 2.90. The first kappa shape index (κ1) is 10.2. The molecule has 0 spiro atoms. The largest absolute Gasteiger partial charge is 0.411 e. The summed E-state index contributed by atoms with van der Waals surface area (Å²) in [6.07, 6.45) is 0. The van der Waals surface area contributed by atoms with Crippen LogP contribution in [0, 0.1) is 0 Å². The molecule has 0 unspecified atom stereocenters. The first-order valence-electron chi connectivity index (χ1n) is 5.18. The van der Waals surface area contributed by atoms with Crippen molar-refractivity contribution >= 4 is 22.5 Å². The molecule has 0 saturated heterocycles. The van der Waals surface area contributed by atoms with Crippen molar-refractivity contribution in [1.29, 1.82) is 0 Å². The Hall–Kier alpha value is -2.00. The third-order valence-electron chi connectivity index (χ3n) is 2.66. The van der Waals surface area contributed by atoms with E-state index in [2.05, 4.69) is 5.10 Å². The van der Waals surface area contributed by atoms with Gasteiger partial charge >= 0.3 is 0 Å². The van der Waals surface area contributed by atoms with Gasteiger partial charge in [-0.3, -0.25) is 0 Å². The summed E-state index contributed by atoms with van der Waals surface area (Å²) in [7, 11) is 0. The Bertz CT molecular complexity index is 676. The van der Waals surface area contributed by atoms with Crippen LogP contribution in [0.15, 0.2) is 48.5 Å². The predicted molar refractivity (Wildman–Crippen MR) is 67.4 cm³/mol. The number of nitrogens with zero attached hydrogens (tertiary/aromatic N) is 2. The van der Waals surface area contributed by atoms with Crippen LogP contribution < -0.4 is 0 Å². The van der Waals surface area contributed by atoms with Crippen molar-refractivity contribution in [3.05, 3.63) is 53.6 Å². The quantitative estimate of drug-likeness (QED) is 0.665. The van der Waals surface area contributed by atoms with Gasteiger partial charge in [0.15, 0.2) is 0 Å². The molecular formula is C13H9ClN2O. The molecule has 2 aromatic carbocycles. The van der Waals surface area contributed by atoms with Crippen LogP contribution >= 0.6 is 11.6 Å². The lowest BCUT2D eigenvalue weighted by atomic mass is 10.1. The fraction of sp³-hybridized carbons (Fsp3) is 0. The number of hydrogen-bond acceptors (Lipinski definition) is 2. The van der Waals surface area contributed by atoms with E-state index in [4.69, 9.17) is 11.6 Å². The number of benzene rings is 2. The van der Waals surface area contributed by atoms with E-state index in [1.54, 1.807) is 18.2 Å². The van der Waals surface area contributed by atoms with Gasteiger partial charge in [0.05, 0.1) is 5.52 Å². The maximum Gasteiger partial charge on any atom is 0.118 e. The molecule has 1 N–H and O–H groups in total. The van der Waals surface area contributed by atoms with Gasteiger partial charge in [0.25, 0.3) is 0 Å². The van der Waals surface area contributed by atoms with Crippen molar-refractivity contribution in [1.82, 2.24) is 9.94 Å². The Balaban J connectivity index is 2.35. The fourth-order valence-corrected chi connectivity index (χ4v) is 2.08. The van der Waals surface area contributed by atoms with E-state index in [9.17, 15) is 5.21 Å². The molecule has 0 aliphatic carbocycles. The second kappa shape index (κ2) is 3.79. The van der Waals surface area contributed by atoms with Crippen LogP contribution in [0.3, 0.4) is 0 Å². The number of aromatic nitrogens is 2. The standard InChI is InChI=1S/C13H9ClN2O/c14-10-6-7-12-11(8-10)13(16(17)15-12)9-4-2-1-3-5-9/h1-8,17H. The molecular weight excluding hydrogens is 236 g/mol. The Morgan fingerprint density at radius 2 is 1.82 bits per heavy atom. The number of fused-ring (bicyclic) bond motifs is 1. The Kier molecular flexibility index (Phi) is 2.27. The van der Waals surface area contributed by atoms with Crippen molar-refractivity contribution in [3.63, 3.8) is 0 Å². The SMILES string of the molecule is On1nc2ccc(Cl)cc2c1-c1ccccc1. The maximum absolute atomic E-state index is 9.84. The van der Waals surface area contributed by atoms with E-state index in [0.29, 0.717) is 10.7 Å². The number of halogens is 1. The van der Waals surface area contributed by atoms with E-state index in [0.717, 1.165) is 21.3 Å². The molecule has 3 nitrogen and oxygen atoms in total. The molecule has 84 valence electrons. The minimum atomic E-state index is 0.627. The van der Waals surface area contributed by atoms with Crippen LogP contribution in [0.25, 0.3) is 22.2 Å². The van der Waals surface area contributed by atoms with Crippen LogP contribution in [0.1, 0.15) is 0 Å². The summed E-state index contributed by atoms with van der Waals surface area (Å²) in [6, 6.07) is 14.9. The first-order valence-corrected chi connectivity index (χ1v) is 5.56. The Morgan fingerprint density at radius 1 is 1.06 bits per heavy atom. The smallest absolute Gasteiger partial charge is 0.118 e. The zero-order valence-corrected chi connectivity index (χ0v) is 9.59. The van der Waals surface area contributed by atoms with Gasteiger partial charge in [0, 0.05) is 16.0 Å². The van der Waals surface area contributed by atoms with Gasteiger partial charge in [-0.05, 0) is 18.2 Å². The molecule has 0 fully saturated rings. The summed E-state index contributed by atoms with van der Waals surface area (Å²) >= 11 is 5.97. The van der Waals surface area contributed by atoms with Crippen LogP contribution in [-0.4, -0.2) is 15.2 Å². The van der Waals surface area contributed by atoms with Gasteiger partial charge in [-0.2, -0.15) is 0 Å². The van der Waals surface area contributed by atoms with Crippen molar-refractivity contribution in [2.24, 2.45) is 0 Å². The molecule has 0 atom stereocenters. The van der Waals surface area contributed by atoms with Crippen LogP contribution in [0.2, 0.25) is 5.02 Å². The highest BCUT2D eigenvalue weighted by atomic mass is 35.5. The molecule has 0 amide bonds. The zero-order valence-electron chi connectivity index (χ0n) is 8.84. The minimum absolute atomic E-state index is 0.627. The monoisotopic (exact) mass is 244 g/mol. The van der Waals surface area contributed by atoms with Gasteiger partial charge in [-0.25, -0.2) is 0 Å². The summed E-state index contributed by atoms with van der Waals surface area (Å²) in [5.74, 6) is 0. The minimum Gasteiger partial charge on any atom is -0.411 e. The molecule has 3 aromatic rings. The summed E-state index contributed by atoms with van der Waals surface area (Å²) in [6.45, 7) is 0. The molecule has 1 heterocycles. The fourth-order valence-electron chi connectivity index (χ4n) is 1.91. The molecule has 17 heavy (non-hydrogen) atoms. The van der Waals surface area contributed by atoms with E-state index in [1.807, 2.05) is 30.3 Å². The van der Waals surface area contributed by atoms with E-state index in [1.165, 1.54) is 0 Å². The van der Waals surface area contributed by atoms with Gasteiger partial charge in [-0.15, -0.1) is 9.94 Å². The topological polar surface area (TPSA) is 38.0 Å². The van der Waals surface area contributed by atoms with Crippen LogP contribution in [0.4, 0.5) is 0 Å². The van der Waals surface area contributed by atoms with Gasteiger partial charge in [0.2, 0.25) is 0 Å². The van der Waals surface area contributed by atoms with Crippen LogP contribution in [-0.2, 0) is 0 Å². The Labute approximate surface area is 103 Å². The van der Waals surface area contributed by atoms with Crippen LogP contribution in [0.5, 0.6) is 0 Å². The molecule has 0 saturated carbocycles. The third kappa shape index (κ3) is 1.65. The second-order valence-corrected chi connectivity index (χ2v) is 4.20. The molecule has 0 bridgehead atoms. The second-order valence-electron chi connectivity index (χ2n) is 3.77. The summed E-state index contributed by atoms with van der Waals surface area (Å²) in [4.78, 5) is 0.899. The highest BCUT2D eigenvalue weighted by Gasteiger charge is 2.12. The molecule has 0 aliphatic heterocycles.